The van der Waals surface area contributed by atoms with Crippen LogP contribution in [-0.4, -0.2) is 53.7 Å². The third-order valence-corrected chi connectivity index (χ3v) is 4.45. The summed E-state index contributed by atoms with van der Waals surface area (Å²) in [6.07, 6.45) is 2.18. The largest absolute Gasteiger partial charge is 0.444 e. The first-order valence-corrected chi connectivity index (χ1v) is 9.05. The summed E-state index contributed by atoms with van der Waals surface area (Å²) < 4.78 is 16.2. The average molecular weight is 362 g/mol. The summed E-state index contributed by atoms with van der Waals surface area (Å²) in [5.41, 5.74) is 0.753. The summed E-state index contributed by atoms with van der Waals surface area (Å²) in [7, 11) is 0. The summed E-state index contributed by atoms with van der Waals surface area (Å²) in [6.45, 7) is 7.72. The highest BCUT2D eigenvalue weighted by molar-refractivity contribution is 5.96. The SMILES string of the molecule is CC(C)(C)OC(=O)N1CCC(C(=O)c2ccc(C3OCCO3)cn2)CC1. The Bertz CT molecular complexity index is 639. The quantitative estimate of drug-likeness (QED) is 0.769. The number of hydrogen-bond donors (Lipinski definition) is 0. The molecule has 2 aliphatic rings. The molecule has 2 aliphatic heterocycles. The summed E-state index contributed by atoms with van der Waals surface area (Å²) in [5.74, 6) is -0.0975. The van der Waals surface area contributed by atoms with Crippen LogP contribution < -0.4 is 0 Å². The van der Waals surface area contributed by atoms with Gasteiger partial charge in [0.15, 0.2) is 12.1 Å². The van der Waals surface area contributed by atoms with E-state index in [1.165, 1.54) is 0 Å². The fourth-order valence-corrected chi connectivity index (χ4v) is 3.10. The van der Waals surface area contributed by atoms with E-state index in [1.54, 1.807) is 17.2 Å². The van der Waals surface area contributed by atoms with E-state index in [0.29, 0.717) is 44.8 Å². The van der Waals surface area contributed by atoms with Crippen molar-refractivity contribution in [3.05, 3.63) is 29.6 Å². The topological polar surface area (TPSA) is 78.0 Å². The molecule has 0 unspecified atom stereocenters. The van der Waals surface area contributed by atoms with Gasteiger partial charge in [-0.2, -0.15) is 0 Å². The van der Waals surface area contributed by atoms with Gasteiger partial charge < -0.3 is 19.1 Å². The minimum atomic E-state index is -0.512. The molecule has 0 saturated carbocycles. The van der Waals surface area contributed by atoms with Crippen molar-refractivity contribution in [3.8, 4) is 0 Å². The van der Waals surface area contributed by atoms with Gasteiger partial charge in [-0.1, -0.05) is 6.07 Å². The van der Waals surface area contributed by atoms with Crippen LogP contribution in [0.5, 0.6) is 0 Å². The number of ether oxygens (including phenoxy) is 3. The number of carbonyl (C=O) groups is 2. The number of amides is 1. The molecule has 0 bridgehead atoms. The summed E-state index contributed by atoms with van der Waals surface area (Å²) in [5, 5.41) is 0. The van der Waals surface area contributed by atoms with Gasteiger partial charge in [-0.15, -0.1) is 0 Å². The monoisotopic (exact) mass is 362 g/mol. The van der Waals surface area contributed by atoms with E-state index >= 15 is 0 Å². The molecule has 142 valence electrons. The fraction of sp³-hybridized carbons (Fsp3) is 0.632. The molecule has 1 amide bonds. The molecule has 26 heavy (non-hydrogen) atoms. The zero-order chi connectivity index (χ0) is 18.7. The minimum Gasteiger partial charge on any atom is -0.444 e. The minimum absolute atomic E-state index is 0.0219. The summed E-state index contributed by atoms with van der Waals surface area (Å²) in [6, 6.07) is 3.55. The Kier molecular flexibility index (Phi) is 5.58. The van der Waals surface area contributed by atoms with E-state index in [-0.39, 0.29) is 24.1 Å². The van der Waals surface area contributed by atoms with E-state index in [1.807, 2.05) is 26.8 Å². The smallest absolute Gasteiger partial charge is 0.410 e. The number of carbonyl (C=O) groups excluding carboxylic acids is 2. The Morgan fingerprint density at radius 1 is 1.15 bits per heavy atom. The Labute approximate surface area is 153 Å². The number of piperidine rings is 1. The van der Waals surface area contributed by atoms with Crippen molar-refractivity contribution in [2.45, 2.75) is 45.5 Å². The van der Waals surface area contributed by atoms with Crippen molar-refractivity contribution < 1.29 is 23.8 Å². The second kappa shape index (κ2) is 7.72. The lowest BCUT2D eigenvalue weighted by molar-refractivity contribution is -0.0443. The molecule has 0 N–H and O–H groups in total. The van der Waals surface area contributed by atoms with E-state index in [2.05, 4.69) is 4.98 Å². The summed E-state index contributed by atoms with van der Waals surface area (Å²) in [4.78, 5) is 30.7. The Morgan fingerprint density at radius 2 is 1.81 bits per heavy atom. The lowest BCUT2D eigenvalue weighted by Gasteiger charge is -2.32. The number of Topliss-reactive ketones (excluding diaryl/α,β-unsaturated/α-hetero) is 1. The van der Waals surface area contributed by atoms with E-state index in [4.69, 9.17) is 14.2 Å². The second-order valence-corrected chi connectivity index (χ2v) is 7.66. The number of hydrogen-bond acceptors (Lipinski definition) is 6. The van der Waals surface area contributed by atoms with Gasteiger partial charge in [0.05, 0.1) is 13.2 Å². The maximum atomic E-state index is 12.7. The van der Waals surface area contributed by atoms with Crippen LogP contribution >= 0.6 is 0 Å². The lowest BCUT2D eigenvalue weighted by Crippen LogP contribution is -2.43. The van der Waals surface area contributed by atoms with Crippen molar-refractivity contribution in [1.82, 2.24) is 9.88 Å². The van der Waals surface area contributed by atoms with E-state index in [9.17, 15) is 9.59 Å². The third-order valence-electron chi connectivity index (χ3n) is 4.45. The summed E-state index contributed by atoms with van der Waals surface area (Å²) >= 11 is 0. The highest BCUT2D eigenvalue weighted by Gasteiger charge is 2.31. The van der Waals surface area contributed by atoms with Crippen LogP contribution in [0.15, 0.2) is 18.3 Å². The molecule has 3 heterocycles. The number of aromatic nitrogens is 1. The van der Waals surface area contributed by atoms with Gasteiger partial charge in [-0.05, 0) is 39.7 Å². The van der Waals surface area contributed by atoms with Gasteiger partial charge in [0, 0.05) is 30.8 Å². The van der Waals surface area contributed by atoms with E-state index < -0.39 is 5.60 Å². The average Bonchev–Trinajstić information content (AvgIpc) is 3.14. The molecule has 0 atom stereocenters. The van der Waals surface area contributed by atoms with Gasteiger partial charge in [-0.25, -0.2) is 4.79 Å². The molecule has 0 aliphatic carbocycles. The first-order valence-electron chi connectivity index (χ1n) is 9.05. The van der Waals surface area contributed by atoms with Crippen LogP contribution in [0, 0.1) is 5.92 Å². The standard InChI is InChI=1S/C19H26N2O5/c1-19(2,3)26-18(23)21-8-6-13(7-9-21)16(22)15-5-4-14(12-20-15)17-24-10-11-25-17/h4-5,12-13,17H,6-11H2,1-3H3. The molecule has 3 rings (SSSR count). The zero-order valence-electron chi connectivity index (χ0n) is 15.6. The molecule has 7 nitrogen and oxygen atoms in total. The van der Waals surface area contributed by atoms with Crippen molar-refractivity contribution in [2.75, 3.05) is 26.3 Å². The van der Waals surface area contributed by atoms with Crippen LogP contribution in [0.4, 0.5) is 4.79 Å². The van der Waals surface area contributed by atoms with Crippen molar-refractivity contribution >= 4 is 11.9 Å². The molecule has 0 spiro atoms. The van der Waals surface area contributed by atoms with E-state index in [0.717, 1.165) is 5.56 Å². The zero-order valence-corrected chi connectivity index (χ0v) is 15.6. The van der Waals surface area contributed by atoms with Gasteiger partial charge in [0.1, 0.15) is 11.3 Å². The molecule has 0 aromatic carbocycles. The maximum absolute atomic E-state index is 12.7. The molecule has 2 saturated heterocycles. The predicted octanol–water partition coefficient (Wildman–Crippen LogP) is 2.96. The molecule has 1 aromatic rings. The van der Waals surface area contributed by atoms with Crippen LogP contribution in [-0.2, 0) is 14.2 Å². The van der Waals surface area contributed by atoms with Gasteiger partial charge in [0.25, 0.3) is 0 Å². The molecule has 7 heteroatoms. The third kappa shape index (κ3) is 4.59. The number of ketones is 1. The molecule has 1 aromatic heterocycles. The van der Waals surface area contributed by atoms with Crippen molar-refractivity contribution in [2.24, 2.45) is 5.92 Å². The van der Waals surface area contributed by atoms with Gasteiger partial charge >= 0.3 is 6.09 Å². The second-order valence-electron chi connectivity index (χ2n) is 7.66. The van der Waals surface area contributed by atoms with Crippen LogP contribution in [0.25, 0.3) is 0 Å². The fourth-order valence-electron chi connectivity index (χ4n) is 3.10. The highest BCUT2D eigenvalue weighted by atomic mass is 16.7. The predicted molar refractivity (Wildman–Crippen MR) is 93.7 cm³/mol. The normalized spacial score (nSPS) is 19.6. The molecule has 0 radical (unpaired) electrons. The Balaban J connectivity index is 1.54. The number of nitrogens with zero attached hydrogens (tertiary/aromatic N) is 2. The lowest BCUT2D eigenvalue weighted by atomic mass is 9.91. The number of pyridine rings is 1. The van der Waals surface area contributed by atoms with Crippen molar-refractivity contribution in [3.63, 3.8) is 0 Å². The highest BCUT2D eigenvalue weighted by Crippen LogP contribution is 2.25. The van der Waals surface area contributed by atoms with Crippen LogP contribution in [0.2, 0.25) is 0 Å². The van der Waals surface area contributed by atoms with Gasteiger partial charge in [0.2, 0.25) is 0 Å². The first-order chi connectivity index (χ1) is 12.3. The molecular weight excluding hydrogens is 336 g/mol. The molecular formula is C19H26N2O5. The maximum Gasteiger partial charge on any atom is 0.410 e. The van der Waals surface area contributed by atoms with Crippen molar-refractivity contribution in [1.29, 1.82) is 0 Å². The first kappa shape index (κ1) is 18.8. The van der Waals surface area contributed by atoms with Crippen LogP contribution in [0.3, 0.4) is 0 Å². The Hall–Kier alpha value is -1.99. The van der Waals surface area contributed by atoms with Gasteiger partial charge in [-0.3, -0.25) is 9.78 Å². The number of likely N-dealkylation sites (tertiary alicyclic amines) is 1. The van der Waals surface area contributed by atoms with Crippen LogP contribution in [0.1, 0.15) is 56.0 Å². The Morgan fingerprint density at radius 3 is 2.35 bits per heavy atom. The number of rotatable bonds is 3. The molecule has 2 fully saturated rings.